The van der Waals surface area contributed by atoms with E-state index in [9.17, 15) is 4.79 Å². The topological polar surface area (TPSA) is 67.5 Å². The molecule has 0 fully saturated rings. The molecule has 3 N–H and O–H groups in total. The zero-order valence-corrected chi connectivity index (χ0v) is 14.2. The second-order valence-electron chi connectivity index (χ2n) is 5.73. The second kappa shape index (κ2) is 8.44. The van der Waals surface area contributed by atoms with Crippen molar-refractivity contribution in [1.29, 1.82) is 0 Å². The van der Waals surface area contributed by atoms with Crippen molar-refractivity contribution in [3.8, 4) is 0 Å². The Hall–Kier alpha value is -3.66. The van der Waals surface area contributed by atoms with Crippen molar-refractivity contribution in [2.45, 2.75) is 0 Å². The maximum absolute atomic E-state index is 11.9. The molecule has 0 spiro atoms. The minimum atomic E-state index is -0.274. The third-order valence-electron chi connectivity index (χ3n) is 3.76. The molecule has 4 nitrogen and oxygen atoms in total. The average Bonchev–Trinajstić information content (AvgIpc) is 2.68. The first-order valence-corrected chi connectivity index (χ1v) is 8.23. The molecule has 3 aromatic carbocycles. The van der Waals surface area contributed by atoms with Gasteiger partial charge in [-0.3, -0.25) is 4.79 Å². The predicted molar refractivity (Wildman–Crippen MR) is 108 cm³/mol. The van der Waals surface area contributed by atoms with Crippen LogP contribution < -0.4 is 11.2 Å². The summed E-state index contributed by atoms with van der Waals surface area (Å²) < 4.78 is 0. The molecule has 0 heterocycles. The van der Waals surface area contributed by atoms with E-state index in [1.165, 1.54) is 0 Å². The second-order valence-corrected chi connectivity index (χ2v) is 5.73. The van der Waals surface area contributed by atoms with E-state index in [-0.39, 0.29) is 5.91 Å². The highest BCUT2D eigenvalue weighted by Crippen LogP contribution is 2.09. The maximum Gasteiger partial charge on any atom is 0.271 e. The van der Waals surface area contributed by atoms with Gasteiger partial charge < -0.3 is 5.73 Å². The minimum absolute atomic E-state index is 0.274. The lowest BCUT2D eigenvalue weighted by atomic mass is 10.1. The number of hydrazone groups is 1. The number of hydrogen-bond donors (Lipinski definition) is 2. The number of nitrogens with two attached hydrogens (primary N) is 1. The van der Waals surface area contributed by atoms with Gasteiger partial charge in [0.15, 0.2) is 0 Å². The molecule has 3 aromatic rings. The highest BCUT2D eigenvalue weighted by Gasteiger charge is 2.02. The molecule has 0 bridgehead atoms. The van der Waals surface area contributed by atoms with E-state index in [2.05, 4.69) is 34.8 Å². The number of nitrogens with zero attached hydrogens (tertiary/aromatic N) is 1. The van der Waals surface area contributed by atoms with Gasteiger partial charge in [0.2, 0.25) is 0 Å². The zero-order valence-electron chi connectivity index (χ0n) is 14.2. The Labute approximate surface area is 152 Å². The summed E-state index contributed by atoms with van der Waals surface area (Å²) in [6.07, 6.45) is 5.73. The van der Waals surface area contributed by atoms with Crippen LogP contribution in [0.15, 0.2) is 84.0 Å². The SMILES string of the molecule is Nc1ccc(C(=O)N/N=C/c2ccc(/C=C/c3ccccc3)cc2)cc1. The van der Waals surface area contributed by atoms with Crippen molar-refractivity contribution in [2.75, 3.05) is 5.73 Å². The van der Waals surface area contributed by atoms with Gasteiger partial charge in [-0.2, -0.15) is 5.10 Å². The monoisotopic (exact) mass is 341 g/mol. The van der Waals surface area contributed by atoms with Crippen molar-refractivity contribution in [1.82, 2.24) is 5.43 Å². The van der Waals surface area contributed by atoms with Gasteiger partial charge in [-0.05, 0) is 41.0 Å². The van der Waals surface area contributed by atoms with Crippen LogP contribution in [-0.2, 0) is 0 Å². The van der Waals surface area contributed by atoms with Gasteiger partial charge in [0.1, 0.15) is 0 Å². The van der Waals surface area contributed by atoms with Crippen LogP contribution >= 0.6 is 0 Å². The van der Waals surface area contributed by atoms with Crippen molar-refractivity contribution in [2.24, 2.45) is 5.10 Å². The van der Waals surface area contributed by atoms with E-state index in [0.717, 1.165) is 16.7 Å². The Bertz CT molecular complexity index is 912. The fraction of sp³-hybridized carbons (Fsp3) is 0. The van der Waals surface area contributed by atoms with Gasteiger partial charge in [-0.1, -0.05) is 66.7 Å². The van der Waals surface area contributed by atoms with E-state index in [4.69, 9.17) is 5.73 Å². The summed E-state index contributed by atoms with van der Waals surface area (Å²) in [6.45, 7) is 0. The number of rotatable bonds is 5. The van der Waals surface area contributed by atoms with Crippen LogP contribution in [0.3, 0.4) is 0 Å². The third kappa shape index (κ3) is 4.92. The largest absolute Gasteiger partial charge is 0.399 e. The number of nitrogen functional groups attached to an aromatic ring is 1. The molecule has 3 rings (SSSR count). The smallest absolute Gasteiger partial charge is 0.271 e. The number of hydrogen-bond acceptors (Lipinski definition) is 3. The first-order valence-electron chi connectivity index (χ1n) is 8.23. The normalized spacial score (nSPS) is 11.1. The lowest BCUT2D eigenvalue weighted by Gasteiger charge is -2.00. The number of benzene rings is 3. The van der Waals surface area contributed by atoms with E-state index in [1.54, 1.807) is 30.5 Å². The standard InChI is InChI=1S/C22H19N3O/c23-21-14-12-20(13-15-21)22(26)25-24-16-19-10-8-18(9-11-19)7-6-17-4-2-1-3-5-17/h1-16H,23H2,(H,25,26)/b7-6+,24-16+. The molecular weight excluding hydrogens is 322 g/mol. The van der Waals surface area contributed by atoms with Crippen molar-refractivity contribution >= 4 is 30.0 Å². The van der Waals surface area contributed by atoms with Gasteiger partial charge in [0.25, 0.3) is 5.91 Å². The van der Waals surface area contributed by atoms with E-state index in [1.807, 2.05) is 42.5 Å². The molecule has 26 heavy (non-hydrogen) atoms. The maximum atomic E-state index is 11.9. The summed E-state index contributed by atoms with van der Waals surface area (Å²) in [7, 11) is 0. The molecule has 0 saturated heterocycles. The lowest BCUT2D eigenvalue weighted by molar-refractivity contribution is 0.0955. The molecule has 0 unspecified atom stereocenters. The molecule has 0 aliphatic rings. The quantitative estimate of drug-likeness (QED) is 0.316. The highest BCUT2D eigenvalue weighted by atomic mass is 16.2. The zero-order chi connectivity index (χ0) is 18.2. The molecule has 0 aliphatic carbocycles. The van der Waals surface area contributed by atoms with Crippen molar-refractivity contribution < 1.29 is 4.79 Å². The van der Waals surface area contributed by atoms with Crippen LogP contribution in [0.5, 0.6) is 0 Å². The van der Waals surface area contributed by atoms with Gasteiger partial charge in [0, 0.05) is 11.3 Å². The molecule has 1 amide bonds. The Morgan fingerprint density at radius 1 is 0.769 bits per heavy atom. The van der Waals surface area contributed by atoms with E-state index >= 15 is 0 Å². The minimum Gasteiger partial charge on any atom is -0.399 e. The first kappa shape index (κ1) is 17.2. The van der Waals surface area contributed by atoms with Gasteiger partial charge in [-0.25, -0.2) is 5.43 Å². The Morgan fingerprint density at radius 2 is 1.35 bits per heavy atom. The molecule has 128 valence electrons. The van der Waals surface area contributed by atoms with Crippen LogP contribution in [-0.4, -0.2) is 12.1 Å². The van der Waals surface area contributed by atoms with Gasteiger partial charge in [-0.15, -0.1) is 0 Å². The molecule has 4 heteroatoms. The van der Waals surface area contributed by atoms with Crippen LogP contribution in [0.25, 0.3) is 12.2 Å². The van der Waals surface area contributed by atoms with E-state index in [0.29, 0.717) is 11.3 Å². The van der Waals surface area contributed by atoms with Gasteiger partial charge in [0.05, 0.1) is 6.21 Å². The summed E-state index contributed by atoms with van der Waals surface area (Å²) in [5, 5.41) is 3.99. The number of nitrogens with one attached hydrogen (secondary N) is 1. The number of amides is 1. The van der Waals surface area contributed by atoms with Gasteiger partial charge >= 0.3 is 0 Å². The summed E-state index contributed by atoms with van der Waals surface area (Å²) in [5.41, 5.74) is 12.4. The molecule has 0 radical (unpaired) electrons. The van der Waals surface area contributed by atoms with Crippen LogP contribution in [0, 0.1) is 0 Å². The lowest BCUT2D eigenvalue weighted by Crippen LogP contribution is -2.17. The first-order chi connectivity index (χ1) is 12.7. The fourth-order valence-electron chi connectivity index (χ4n) is 2.31. The number of carbonyl (C=O) groups is 1. The number of anilines is 1. The molecule has 0 aromatic heterocycles. The average molecular weight is 341 g/mol. The highest BCUT2D eigenvalue weighted by molar-refractivity contribution is 5.95. The Kier molecular flexibility index (Phi) is 5.58. The predicted octanol–water partition coefficient (Wildman–Crippen LogP) is 4.20. The summed E-state index contributed by atoms with van der Waals surface area (Å²) in [5.74, 6) is -0.274. The van der Waals surface area contributed by atoms with Crippen molar-refractivity contribution in [3.05, 3.63) is 101 Å². The molecule has 0 atom stereocenters. The third-order valence-corrected chi connectivity index (χ3v) is 3.76. The Morgan fingerprint density at radius 3 is 2.00 bits per heavy atom. The molecular formula is C22H19N3O. The number of carbonyl (C=O) groups excluding carboxylic acids is 1. The van der Waals surface area contributed by atoms with Crippen LogP contribution in [0.4, 0.5) is 5.69 Å². The summed E-state index contributed by atoms with van der Waals surface area (Å²) in [4.78, 5) is 11.9. The van der Waals surface area contributed by atoms with Crippen LogP contribution in [0.1, 0.15) is 27.0 Å². The van der Waals surface area contributed by atoms with Crippen LogP contribution in [0.2, 0.25) is 0 Å². The van der Waals surface area contributed by atoms with E-state index < -0.39 is 0 Å². The fourth-order valence-corrected chi connectivity index (χ4v) is 2.31. The summed E-state index contributed by atoms with van der Waals surface area (Å²) >= 11 is 0. The van der Waals surface area contributed by atoms with Crippen molar-refractivity contribution in [3.63, 3.8) is 0 Å². The molecule has 0 aliphatic heterocycles. The Balaban J connectivity index is 1.57. The molecule has 0 saturated carbocycles. The summed E-state index contributed by atoms with van der Waals surface area (Å²) in [6, 6.07) is 24.7.